The number of benzene rings is 1. The Morgan fingerprint density at radius 3 is 2.50 bits per heavy atom. The highest BCUT2D eigenvalue weighted by molar-refractivity contribution is 7.12. The average Bonchev–Trinajstić information content (AvgIpc) is 2.62. The Balaban J connectivity index is 2.21. The molecule has 0 aliphatic carbocycles. The zero-order valence-electron chi connectivity index (χ0n) is 10.3. The minimum atomic E-state index is -0.563. The van der Waals surface area contributed by atoms with E-state index in [0.717, 1.165) is 16.5 Å². The Hall–Kier alpha value is -1.26. The summed E-state index contributed by atoms with van der Waals surface area (Å²) in [5, 5.41) is 0. The minimum Gasteiger partial charge on any atom is -0.324 e. The molecule has 96 valence electrons. The first-order valence-electron chi connectivity index (χ1n) is 5.74. The maximum atomic E-state index is 13.5. The van der Waals surface area contributed by atoms with Crippen LogP contribution in [0.15, 0.2) is 24.3 Å². The summed E-state index contributed by atoms with van der Waals surface area (Å²) < 4.78 is 26.3. The first-order valence-corrected chi connectivity index (χ1v) is 6.55. The van der Waals surface area contributed by atoms with E-state index in [4.69, 9.17) is 5.73 Å². The SMILES string of the molecule is Cc1cc(C(N)Cc2ccc(F)cc2F)c(C)s1. The number of thiophene rings is 1. The molecule has 1 heterocycles. The van der Waals surface area contributed by atoms with Crippen molar-refractivity contribution in [1.82, 2.24) is 0 Å². The second kappa shape index (κ2) is 5.16. The van der Waals surface area contributed by atoms with Gasteiger partial charge < -0.3 is 5.73 Å². The van der Waals surface area contributed by atoms with Crippen LogP contribution in [0, 0.1) is 25.5 Å². The number of aryl methyl sites for hydroxylation is 2. The predicted molar refractivity (Wildman–Crippen MR) is 70.8 cm³/mol. The van der Waals surface area contributed by atoms with Crippen LogP contribution in [-0.4, -0.2) is 0 Å². The highest BCUT2D eigenvalue weighted by Crippen LogP contribution is 2.27. The molecule has 1 atom stereocenters. The van der Waals surface area contributed by atoms with Gasteiger partial charge in [0.2, 0.25) is 0 Å². The van der Waals surface area contributed by atoms with Gasteiger partial charge in [-0.05, 0) is 43.5 Å². The highest BCUT2D eigenvalue weighted by Gasteiger charge is 2.14. The number of hydrogen-bond acceptors (Lipinski definition) is 2. The van der Waals surface area contributed by atoms with Crippen LogP contribution in [-0.2, 0) is 6.42 Å². The van der Waals surface area contributed by atoms with E-state index in [1.807, 2.05) is 19.9 Å². The Labute approximate surface area is 109 Å². The molecule has 0 radical (unpaired) electrons. The van der Waals surface area contributed by atoms with Crippen molar-refractivity contribution < 1.29 is 8.78 Å². The lowest BCUT2D eigenvalue weighted by molar-refractivity contribution is 0.563. The van der Waals surface area contributed by atoms with Crippen molar-refractivity contribution in [2.75, 3.05) is 0 Å². The molecular weight excluding hydrogens is 252 g/mol. The van der Waals surface area contributed by atoms with Gasteiger partial charge in [-0.2, -0.15) is 0 Å². The predicted octanol–water partition coefficient (Wildman–Crippen LogP) is 3.89. The van der Waals surface area contributed by atoms with Crippen LogP contribution in [0.3, 0.4) is 0 Å². The van der Waals surface area contributed by atoms with Gasteiger partial charge in [-0.15, -0.1) is 11.3 Å². The fourth-order valence-corrected chi connectivity index (χ4v) is 3.05. The lowest BCUT2D eigenvalue weighted by Crippen LogP contribution is -2.14. The molecule has 1 nitrogen and oxygen atoms in total. The van der Waals surface area contributed by atoms with Gasteiger partial charge in [0.05, 0.1) is 0 Å². The van der Waals surface area contributed by atoms with Gasteiger partial charge in [0.1, 0.15) is 11.6 Å². The Bertz CT molecular complexity index is 563. The van der Waals surface area contributed by atoms with Crippen molar-refractivity contribution in [1.29, 1.82) is 0 Å². The van der Waals surface area contributed by atoms with E-state index in [1.54, 1.807) is 11.3 Å². The maximum Gasteiger partial charge on any atom is 0.129 e. The third kappa shape index (κ3) is 2.76. The van der Waals surface area contributed by atoms with E-state index >= 15 is 0 Å². The van der Waals surface area contributed by atoms with Crippen LogP contribution in [0.2, 0.25) is 0 Å². The van der Waals surface area contributed by atoms with Crippen LogP contribution in [0.1, 0.15) is 26.9 Å². The summed E-state index contributed by atoms with van der Waals surface area (Å²) in [4.78, 5) is 2.35. The van der Waals surface area contributed by atoms with Gasteiger partial charge in [0.25, 0.3) is 0 Å². The maximum absolute atomic E-state index is 13.5. The monoisotopic (exact) mass is 267 g/mol. The molecule has 2 rings (SSSR count). The fraction of sp³-hybridized carbons (Fsp3) is 0.286. The number of hydrogen-bond donors (Lipinski definition) is 1. The Kier molecular flexibility index (Phi) is 3.78. The van der Waals surface area contributed by atoms with Gasteiger partial charge in [-0.3, -0.25) is 0 Å². The molecule has 0 saturated carbocycles. The summed E-state index contributed by atoms with van der Waals surface area (Å²) >= 11 is 1.68. The quantitative estimate of drug-likeness (QED) is 0.897. The van der Waals surface area contributed by atoms with E-state index in [9.17, 15) is 8.78 Å². The first-order chi connectivity index (χ1) is 8.47. The van der Waals surface area contributed by atoms with Gasteiger partial charge in [0, 0.05) is 21.9 Å². The van der Waals surface area contributed by atoms with Crippen molar-refractivity contribution in [3.63, 3.8) is 0 Å². The zero-order valence-corrected chi connectivity index (χ0v) is 11.2. The van der Waals surface area contributed by atoms with Crippen LogP contribution in [0.4, 0.5) is 8.78 Å². The van der Waals surface area contributed by atoms with Gasteiger partial charge in [-0.25, -0.2) is 8.78 Å². The normalized spacial score (nSPS) is 12.7. The standard InChI is InChI=1S/C14H15F2NS/c1-8-5-12(9(2)18-8)14(17)6-10-3-4-11(15)7-13(10)16/h3-5,7,14H,6,17H2,1-2H3. The number of nitrogens with two attached hydrogens (primary N) is 1. The van der Waals surface area contributed by atoms with Crippen molar-refractivity contribution >= 4 is 11.3 Å². The van der Waals surface area contributed by atoms with Crippen LogP contribution < -0.4 is 5.73 Å². The molecular formula is C14H15F2NS. The molecule has 0 saturated heterocycles. The molecule has 0 aliphatic heterocycles. The number of rotatable bonds is 3. The van der Waals surface area contributed by atoms with Crippen molar-refractivity contribution in [2.24, 2.45) is 5.73 Å². The third-order valence-electron chi connectivity index (χ3n) is 2.93. The Morgan fingerprint density at radius 1 is 1.22 bits per heavy atom. The first kappa shape index (κ1) is 13.2. The van der Waals surface area contributed by atoms with E-state index in [1.165, 1.54) is 17.0 Å². The van der Waals surface area contributed by atoms with Crippen molar-refractivity contribution in [2.45, 2.75) is 26.3 Å². The third-order valence-corrected chi connectivity index (χ3v) is 3.92. The van der Waals surface area contributed by atoms with E-state index in [0.29, 0.717) is 12.0 Å². The molecule has 4 heteroatoms. The van der Waals surface area contributed by atoms with Crippen LogP contribution in [0.5, 0.6) is 0 Å². The second-order valence-electron chi connectivity index (χ2n) is 4.41. The average molecular weight is 267 g/mol. The van der Waals surface area contributed by atoms with Crippen LogP contribution >= 0.6 is 11.3 Å². The number of halogens is 2. The lowest BCUT2D eigenvalue weighted by Gasteiger charge is -2.12. The molecule has 1 aromatic carbocycles. The molecule has 1 unspecified atom stereocenters. The fourth-order valence-electron chi connectivity index (χ4n) is 2.05. The van der Waals surface area contributed by atoms with Gasteiger partial charge in [0.15, 0.2) is 0 Å². The van der Waals surface area contributed by atoms with Crippen molar-refractivity contribution in [3.8, 4) is 0 Å². The summed E-state index contributed by atoms with van der Waals surface area (Å²) in [6.07, 6.45) is 0.378. The van der Waals surface area contributed by atoms with E-state index in [-0.39, 0.29) is 6.04 Å². The van der Waals surface area contributed by atoms with E-state index in [2.05, 4.69) is 0 Å². The summed E-state index contributed by atoms with van der Waals surface area (Å²) in [6.45, 7) is 4.03. The van der Waals surface area contributed by atoms with Gasteiger partial charge >= 0.3 is 0 Å². The molecule has 0 amide bonds. The topological polar surface area (TPSA) is 26.0 Å². The zero-order chi connectivity index (χ0) is 13.3. The van der Waals surface area contributed by atoms with E-state index < -0.39 is 11.6 Å². The largest absolute Gasteiger partial charge is 0.324 e. The minimum absolute atomic E-state index is 0.255. The lowest BCUT2D eigenvalue weighted by atomic mass is 9.99. The molecule has 0 bridgehead atoms. The molecule has 0 fully saturated rings. The molecule has 0 spiro atoms. The molecule has 1 aromatic heterocycles. The summed E-state index contributed by atoms with van der Waals surface area (Å²) in [5.41, 5.74) is 7.59. The summed E-state index contributed by atoms with van der Waals surface area (Å²) in [5.74, 6) is -1.09. The van der Waals surface area contributed by atoms with Crippen LogP contribution in [0.25, 0.3) is 0 Å². The highest BCUT2D eigenvalue weighted by atomic mass is 32.1. The summed E-state index contributed by atoms with van der Waals surface area (Å²) in [7, 11) is 0. The second-order valence-corrected chi connectivity index (χ2v) is 5.88. The summed E-state index contributed by atoms with van der Waals surface area (Å²) in [6, 6.07) is 5.39. The molecule has 0 aliphatic rings. The smallest absolute Gasteiger partial charge is 0.129 e. The van der Waals surface area contributed by atoms with Crippen molar-refractivity contribution in [3.05, 3.63) is 56.8 Å². The van der Waals surface area contributed by atoms with Gasteiger partial charge in [-0.1, -0.05) is 6.07 Å². The molecule has 18 heavy (non-hydrogen) atoms. The molecule has 2 N–H and O–H groups in total. The Morgan fingerprint density at radius 2 is 1.94 bits per heavy atom. The molecule has 2 aromatic rings.